The van der Waals surface area contributed by atoms with E-state index in [1.54, 1.807) is 0 Å². The first kappa shape index (κ1) is 24.3. The van der Waals surface area contributed by atoms with Gasteiger partial charge < -0.3 is 36.6 Å². The molecule has 7 N–H and O–H groups in total. The summed E-state index contributed by atoms with van der Waals surface area (Å²) in [5.41, 5.74) is 5.47. The van der Waals surface area contributed by atoms with Gasteiger partial charge in [0.15, 0.2) is 0 Å². The number of rotatable bonds is 10. The van der Waals surface area contributed by atoms with Gasteiger partial charge in [-0.1, -0.05) is 0 Å². The van der Waals surface area contributed by atoms with E-state index in [0.29, 0.717) is 6.42 Å². The minimum atomic E-state index is -1.42. The molecular weight excluding hydrogens is 388 g/mol. The lowest BCUT2D eigenvalue weighted by atomic mass is 10.1. The van der Waals surface area contributed by atoms with Crippen LogP contribution in [-0.4, -0.2) is 86.7 Å². The van der Waals surface area contributed by atoms with Gasteiger partial charge in [-0.05, 0) is 33.1 Å². The monoisotopic (exact) mass is 416 g/mol. The van der Waals surface area contributed by atoms with Crippen molar-refractivity contribution in [1.82, 2.24) is 15.5 Å². The van der Waals surface area contributed by atoms with Crippen LogP contribution in [0.3, 0.4) is 0 Å². The number of likely N-dealkylation sites (tertiary alicyclic amines) is 1. The molecule has 12 nitrogen and oxygen atoms in total. The molecule has 0 aromatic rings. The maximum atomic E-state index is 12.8. The van der Waals surface area contributed by atoms with Gasteiger partial charge in [-0.15, -0.1) is 0 Å². The van der Waals surface area contributed by atoms with E-state index in [1.807, 2.05) is 0 Å². The summed E-state index contributed by atoms with van der Waals surface area (Å²) in [5, 5.41) is 32.4. The maximum Gasteiger partial charge on any atom is 0.326 e. The zero-order valence-corrected chi connectivity index (χ0v) is 16.3. The summed E-state index contributed by atoms with van der Waals surface area (Å²) in [7, 11) is 0. The standard InChI is InChI=1S/C17H28N4O8/c1-8(18)14(25)20-13(9(2)22)16(27)21-7-3-4-11(21)15(26)19-10(17(28)29)5-6-12(23)24/h8-11,13,22H,3-7,18H2,1-2H3,(H,19,26)(H,20,25)(H,23,24)(H,28,29). The van der Waals surface area contributed by atoms with Crippen molar-refractivity contribution in [2.75, 3.05) is 6.54 Å². The molecule has 1 saturated heterocycles. The van der Waals surface area contributed by atoms with Crippen molar-refractivity contribution in [3.05, 3.63) is 0 Å². The zero-order chi connectivity index (χ0) is 22.3. The Morgan fingerprint density at radius 3 is 2.24 bits per heavy atom. The molecule has 3 amide bonds. The Bertz CT molecular complexity index is 651. The Morgan fingerprint density at radius 1 is 1.14 bits per heavy atom. The van der Waals surface area contributed by atoms with E-state index < -0.39 is 66.4 Å². The van der Waals surface area contributed by atoms with E-state index in [-0.39, 0.29) is 19.4 Å². The van der Waals surface area contributed by atoms with Crippen LogP contribution in [0.1, 0.15) is 39.5 Å². The highest BCUT2D eigenvalue weighted by molar-refractivity contribution is 5.94. The van der Waals surface area contributed by atoms with Crippen LogP contribution in [0, 0.1) is 0 Å². The number of aliphatic hydroxyl groups excluding tert-OH is 1. The minimum absolute atomic E-state index is 0.182. The van der Waals surface area contributed by atoms with Crippen LogP contribution >= 0.6 is 0 Å². The first-order valence-corrected chi connectivity index (χ1v) is 9.25. The molecule has 164 valence electrons. The topological polar surface area (TPSA) is 199 Å². The molecule has 0 aromatic carbocycles. The van der Waals surface area contributed by atoms with Gasteiger partial charge in [0.1, 0.15) is 18.1 Å². The number of carboxylic acids is 2. The summed E-state index contributed by atoms with van der Waals surface area (Å²) in [5.74, 6) is -4.67. The van der Waals surface area contributed by atoms with E-state index >= 15 is 0 Å². The Kier molecular flexibility index (Phi) is 8.98. The number of hydrogen-bond donors (Lipinski definition) is 6. The molecule has 5 unspecified atom stereocenters. The molecule has 29 heavy (non-hydrogen) atoms. The minimum Gasteiger partial charge on any atom is -0.481 e. The SMILES string of the molecule is CC(N)C(=O)NC(C(=O)N1CCCC1C(=O)NC(CCC(=O)O)C(=O)O)C(C)O. The lowest BCUT2D eigenvalue weighted by Crippen LogP contribution is -2.59. The number of nitrogens with zero attached hydrogens (tertiary/aromatic N) is 1. The van der Waals surface area contributed by atoms with Gasteiger partial charge >= 0.3 is 11.9 Å². The number of nitrogens with one attached hydrogen (secondary N) is 2. The summed E-state index contributed by atoms with van der Waals surface area (Å²) in [6.45, 7) is 2.90. The largest absolute Gasteiger partial charge is 0.481 e. The lowest BCUT2D eigenvalue weighted by molar-refractivity contribution is -0.146. The second-order valence-electron chi connectivity index (χ2n) is 7.04. The quantitative estimate of drug-likeness (QED) is 0.225. The summed E-state index contributed by atoms with van der Waals surface area (Å²) in [4.78, 5) is 60.3. The van der Waals surface area contributed by atoms with Crippen LogP contribution in [0.25, 0.3) is 0 Å². The molecule has 0 bridgehead atoms. The average Bonchev–Trinajstić information content (AvgIpc) is 3.11. The first-order chi connectivity index (χ1) is 13.5. The fourth-order valence-corrected chi connectivity index (χ4v) is 2.95. The summed E-state index contributed by atoms with van der Waals surface area (Å²) < 4.78 is 0. The van der Waals surface area contributed by atoms with Crippen LogP contribution in [0.2, 0.25) is 0 Å². The molecule has 1 rings (SSSR count). The molecule has 1 aliphatic heterocycles. The van der Waals surface area contributed by atoms with Crippen molar-refractivity contribution in [2.24, 2.45) is 5.73 Å². The summed E-state index contributed by atoms with van der Waals surface area (Å²) in [6, 6.07) is -4.64. The first-order valence-electron chi connectivity index (χ1n) is 9.25. The van der Waals surface area contributed by atoms with Gasteiger partial charge in [-0.25, -0.2) is 4.79 Å². The molecule has 1 aliphatic rings. The van der Waals surface area contributed by atoms with Crippen molar-refractivity contribution in [3.63, 3.8) is 0 Å². The summed E-state index contributed by atoms with van der Waals surface area (Å²) in [6.07, 6.45) is -1.28. The Labute approximate surface area is 167 Å². The van der Waals surface area contributed by atoms with Crippen LogP contribution in [0.5, 0.6) is 0 Å². The Hall–Kier alpha value is -2.73. The van der Waals surface area contributed by atoms with Crippen LogP contribution < -0.4 is 16.4 Å². The number of carbonyl (C=O) groups is 5. The highest BCUT2D eigenvalue weighted by atomic mass is 16.4. The number of amides is 3. The van der Waals surface area contributed by atoms with E-state index in [0.717, 1.165) is 0 Å². The molecular formula is C17H28N4O8. The number of nitrogens with two attached hydrogens (primary N) is 1. The van der Waals surface area contributed by atoms with Crippen molar-refractivity contribution < 1.29 is 39.3 Å². The van der Waals surface area contributed by atoms with Gasteiger partial charge in [0.25, 0.3) is 0 Å². The van der Waals surface area contributed by atoms with Crippen molar-refractivity contribution in [2.45, 2.75) is 69.8 Å². The van der Waals surface area contributed by atoms with Crippen LogP contribution in [0.15, 0.2) is 0 Å². The van der Waals surface area contributed by atoms with Crippen molar-refractivity contribution >= 4 is 29.7 Å². The molecule has 0 aromatic heterocycles. The molecule has 0 radical (unpaired) electrons. The van der Waals surface area contributed by atoms with Gasteiger partial charge in [-0.2, -0.15) is 0 Å². The smallest absolute Gasteiger partial charge is 0.326 e. The average molecular weight is 416 g/mol. The maximum absolute atomic E-state index is 12.8. The molecule has 1 fully saturated rings. The second-order valence-corrected chi connectivity index (χ2v) is 7.04. The highest BCUT2D eigenvalue weighted by Gasteiger charge is 2.40. The Balaban J connectivity index is 2.89. The number of carbonyl (C=O) groups excluding carboxylic acids is 3. The molecule has 0 aliphatic carbocycles. The van der Waals surface area contributed by atoms with Crippen LogP contribution in [-0.2, 0) is 24.0 Å². The van der Waals surface area contributed by atoms with Gasteiger partial charge in [0.05, 0.1) is 12.1 Å². The fourth-order valence-electron chi connectivity index (χ4n) is 2.95. The van der Waals surface area contributed by atoms with Crippen molar-refractivity contribution in [3.8, 4) is 0 Å². The van der Waals surface area contributed by atoms with E-state index in [4.69, 9.17) is 10.8 Å². The normalized spacial score (nSPS) is 20.3. The Morgan fingerprint density at radius 2 is 1.76 bits per heavy atom. The third-order valence-electron chi connectivity index (χ3n) is 4.56. The highest BCUT2D eigenvalue weighted by Crippen LogP contribution is 2.20. The van der Waals surface area contributed by atoms with Crippen molar-refractivity contribution in [1.29, 1.82) is 0 Å². The molecule has 5 atom stereocenters. The number of aliphatic hydroxyl groups is 1. The number of hydrogen-bond acceptors (Lipinski definition) is 7. The van der Waals surface area contributed by atoms with Crippen LogP contribution in [0.4, 0.5) is 0 Å². The zero-order valence-electron chi connectivity index (χ0n) is 16.3. The third-order valence-corrected chi connectivity index (χ3v) is 4.56. The van der Waals surface area contributed by atoms with Gasteiger partial charge in [0, 0.05) is 13.0 Å². The second kappa shape index (κ2) is 10.7. The predicted octanol–water partition coefficient (Wildman–Crippen LogP) is -2.38. The molecule has 1 heterocycles. The predicted molar refractivity (Wildman–Crippen MR) is 98.4 cm³/mol. The third kappa shape index (κ3) is 6.98. The van der Waals surface area contributed by atoms with Gasteiger partial charge in [-0.3, -0.25) is 19.2 Å². The van der Waals surface area contributed by atoms with E-state index in [2.05, 4.69) is 10.6 Å². The molecule has 12 heteroatoms. The molecule has 0 spiro atoms. The number of aliphatic carboxylic acids is 2. The fraction of sp³-hybridized carbons (Fsp3) is 0.706. The lowest BCUT2D eigenvalue weighted by Gasteiger charge is -2.30. The molecule has 0 saturated carbocycles. The van der Waals surface area contributed by atoms with E-state index in [1.165, 1.54) is 18.7 Å². The van der Waals surface area contributed by atoms with Gasteiger partial charge in [0.2, 0.25) is 17.7 Å². The van der Waals surface area contributed by atoms with E-state index in [9.17, 15) is 34.2 Å². The summed E-state index contributed by atoms with van der Waals surface area (Å²) >= 11 is 0. The number of carboxylic acid groups (broad SMARTS) is 2.